The van der Waals surface area contributed by atoms with E-state index in [2.05, 4.69) is 24.3 Å². The van der Waals surface area contributed by atoms with E-state index in [-0.39, 0.29) is 11.0 Å². The molecule has 0 heterocycles. The summed E-state index contributed by atoms with van der Waals surface area (Å²) in [7, 11) is -3.02. The second-order valence-corrected chi connectivity index (χ2v) is 8.22. The quantitative estimate of drug-likeness (QED) is 0.813. The molecule has 0 radical (unpaired) electrons. The minimum absolute atomic E-state index is 0.129. The number of hydrogen-bond acceptors (Lipinski definition) is 2. The van der Waals surface area contributed by atoms with Gasteiger partial charge in [0.25, 0.3) is 0 Å². The first kappa shape index (κ1) is 15.8. The highest BCUT2D eigenvalue weighted by atomic mass is 32.2. The summed E-state index contributed by atoms with van der Waals surface area (Å²) in [6.45, 7) is 3.45. The molecule has 3 heteroatoms. The van der Waals surface area contributed by atoms with E-state index in [9.17, 15) is 8.42 Å². The average molecular weight is 302 g/mol. The molecular weight excluding hydrogens is 280 g/mol. The van der Waals surface area contributed by atoms with Crippen molar-refractivity contribution >= 4 is 9.84 Å². The molecule has 0 saturated carbocycles. The molecule has 0 spiro atoms. The third-order valence-electron chi connectivity index (χ3n) is 3.65. The van der Waals surface area contributed by atoms with Crippen molar-refractivity contribution in [2.45, 2.75) is 37.7 Å². The Morgan fingerprint density at radius 2 is 1.24 bits per heavy atom. The molecule has 0 fully saturated rings. The van der Waals surface area contributed by atoms with Crippen LogP contribution in [0, 0.1) is 0 Å². The normalized spacial score (nSPS) is 11.8. The van der Waals surface area contributed by atoms with Gasteiger partial charge in [-0.15, -0.1) is 0 Å². The van der Waals surface area contributed by atoms with Crippen molar-refractivity contribution in [1.82, 2.24) is 0 Å². The van der Waals surface area contributed by atoms with Crippen LogP contribution in [0.1, 0.15) is 30.5 Å². The van der Waals surface area contributed by atoms with Gasteiger partial charge in [-0.2, -0.15) is 0 Å². The summed E-state index contributed by atoms with van der Waals surface area (Å²) in [5.41, 5.74) is 3.43. The van der Waals surface area contributed by atoms with Crippen LogP contribution in [-0.2, 0) is 28.4 Å². The maximum absolute atomic E-state index is 11.9. The van der Waals surface area contributed by atoms with Crippen molar-refractivity contribution < 1.29 is 8.42 Å². The molecular formula is C18H22O2S. The lowest BCUT2D eigenvalue weighted by atomic mass is 10.0. The largest absolute Gasteiger partial charge is 0.228 e. The summed E-state index contributed by atoms with van der Waals surface area (Å²) in [4.78, 5) is 0. The lowest BCUT2D eigenvalue weighted by Crippen LogP contribution is -2.15. The van der Waals surface area contributed by atoms with Gasteiger partial charge in [-0.3, -0.25) is 0 Å². The third kappa shape index (κ3) is 4.71. The molecule has 112 valence electrons. The number of hydrogen-bond donors (Lipinski definition) is 0. The Labute approximate surface area is 127 Å². The van der Waals surface area contributed by atoms with Crippen LogP contribution in [0.2, 0.25) is 0 Å². The van der Waals surface area contributed by atoms with E-state index in [1.54, 1.807) is 13.8 Å². The molecule has 2 aromatic carbocycles. The molecule has 0 bridgehead atoms. The molecule has 0 aliphatic heterocycles. The van der Waals surface area contributed by atoms with Crippen LogP contribution >= 0.6 is 0 Å². The van der Waals surface area contributed by atoms with Crippen LogP contribution in [0.3, 0.4) is 0 Å². The van der Waals surface area contributed by atoms with Crippen LogP contribution < -0.4 is 0 Å². The number of rotatable bonds is 6. The standard InChI is InChI=1S/C18H22O2S/c1-15(2)21(19,20)14-18-12-10-17(11-13-18)9-8-16-6-4-3-5-7-16/h3-7,10-13,15H,8-9,14H2,1-2H3. The minimum Gasteiger partial charge on any atom is -0.228 e. The van der Waals surface area contributed by atoms with Crippen LogP contribution in [0.15, 0.2) is 54.6 Å². The van der Waals surface area contributed by atoms with E-state index in [0.29, 0.717) is 0 Å². The Balaban J connectivity index is 1.96. The van der Waals surface area contributed by atoms with E-state index in [4.69, 9.17) is 0 Å². The van der Waals surface area contributed by atoms with Crippen molar-refractivity contribution in [2.75, 3.05) is 0 Å². The van der Waals surface area contributed by atoms with Crippen LogP contribution in [-0.4, -0.2) is 13.7 Å². The van der Waals surface area contributed by atoms with E-state index >= 15 is 0 Å². The first-order valence-corrected chi connectivity index (χ1v) is 9.02. The Hall–Kier alpha value is -1.61. The lowest BCUT2D eigenvalue weighted by molar-refractivity contribution is 0.586. The van der Waals surface area contributed by atoms with E-state index in [0.717, 1.165) is 18.4 Å². The van der Waals surface area contributed by atoms with Crippen molar-refractivity contribution in [3.63, 3.8) is 0 Å². The van der Waals surface area contributed by atoms with Gasteiger partial charge in [-0.05, 0) is 43.4 Å². The monoisotopic (exact) mass is 302 g/mol. The highest BCUT2D eigenvalue weighted by molar-refractivity contribution is 7.91. The van der Waals surface area contributed by atoms with E-state index in [1.807, 2.05) is 30.3 Å². The summed E-state index contributed by atoms with van der Waals surface area (Å²) >= 11 is 0. The van der Waals surface area contributed by atoms with E-state index in [1.165, 1.54) is 11.1 Å². The fourth-order valence-electron chi connectivity index (χ4n) is 2.13. The molecule has 2 rings (SSSR count). The molecule has 0 amide bonds. The molecule has 0 unspecified atom stereocenters. The van der Waals surface area contributed by atoms with Gasteiger partial charge < -0.3 is 0 Å². The summed E-state index contributed by atoms with van der Waals surface area (Å²) < 4.78 is 23.8. The fourth-order valence-corrected chi connectivity index (χ4v) is 3.12. The van der Waals surface area contributed by atoms with Crippen LogP contribution in [0.4, 0.5) is 0 Å². The van der Waals surface area contributed by atoms with Gasteiger partial charge in [0.15, 0.2) is 9.84 Å². The maximum Gasteiger partial charge on any atom is 0.156 e. The third-order valence-corrected chi connectivity index (χ3v) is 5.83. The van der Waals surface area contributed by atoms with Crippen molar-refractivity contribution in [3.05, 3.63) is 71.3 Å². The van der Waals surface area contributed by atoms with Gasteiger partial charge in [0.05, 0.1) is 11.0 Å². The molecule has 21 heavy (non-hydrogen) atoms. The Bertz CT molecular complexity index is 656. The molecule has 0 saturated heterocycles. The fraction of sp³-hybridized carbons (Fsp3) is 0.333. The van der Waals surface area contributed by atoms with Crippen LogP contribution in [0.5, 0.6) is 0 Å². The van der Waals surface area contributed by atoms with Gasteiger partial charge >= 0.3 is 0 Å². The highest BCUT2D eigenvalue weighted by Crippen LogP contribution is 2.13. The second kappa shape index (κ2) is 6.90. The maximum atomic E-state index is 11.9. The molecule has 0 aliphatic carbocycles. The lowest BCUT2D eigenvalue weighted by Gasteiger charge is -2.08. The highest BCUT2D eigenvalue weighted by Gasteiger charge is 2.16. The summed E-state index contributed by atoms with van der Waals surface area (Å²) in [5.74, 6) is 0.129. The number of aryl methyl sites for hydroxylation is 2. The molecule has 0 atom stereocenters. The zero-order valence-electron chi connectivity index (χ0n) is 12.6. The second-order valence-electron chi connectivity index (χ2n) is 5.66. The predicted molar refractivity (Wildman–Crippen MR) is 88.1 cm³/mol. The summed E-state index contributed by atoms with van der Waals surface area (Å²) in [5, 5.41) is -0.324. The van der Waals surface area contributed by atoms with Gasteiger partial charge in [0.1, 0.15) is 0 Å². The average Bonchev–Trinajstić information content (AvgIpc) is 2.47. The Morgan fingerprint density at radius 1 is 0.762 bits per heavy atom. The smallest absolute Gasteiger partial charge is 0.156 e. The molecule has 0 aliphatic rings. The summed E-state index contributed by atoms with van der Waals surface area (Å²) in [6, 6.07) is 18.3. The summed E-state index contributed by atoms with van der Waals surface area (Å²) in [6.07, 6.45) is 1.98. The first-order valence-electron chi connectivity index (χ1n) is 7.31. The molecule has 2 nitrogen and oxygen atoms in total. The van der Waals surface area contributed by atoms with Crippen molar-refractivity contribution in [3.8, 4) is 0 Å². The van der Waals surface area contributed by atoms with E-state index < -0.39 is 9.84 Å². The van der Waals surface area contributed by atoms with Gasteiger partial charge in [0, 0.05) is 0 Å². The SMILES string of the molecule is CC(C)S(=O)(=O)Cc1ccc(CCc2ccccc2)cc1. The predicted octanol–water partition coefficient (Wildman–Crippen LogP) is 3.80. The van der Waals surface area contributed by atoms with Gasteiger partial charge in [0.2, 0.25) is 0 Å². The first-order chi connectivity index (χ1) is 9.97. The number of benzene rings is 2. The van der Waals surface area contributed by atoms with Gasteiger partial charge in [-0.1, -0.05) is 54.6 Å². The van der Waals surface area contributed by atoms with Crippen molar-refractivity contribution in [1.29, 1.82) is 0 Å². The Morgan fingerprint density at radius 3 is 1.76 bits per heavy atom. The molecule has 2 aromatic rings. The van der Waals surface area contributed by atoms with Crippen LogP contribution in [0.25, 0.3) is 0 Å². The number of sulfone groups is 1. The molecule has 0 aromatic heterocycles. The zero-order valence-corrected chi connectivity index (χ0v) is 13.4. The molecule has 0 N–H and O–H groups in total. The topological polar surface area (TPSA) is 34.1 Å². The zero-order chi connectivity index (χ0) is 15.3. The Kier molecular flexibility index (Phi) is 5.18. The van der Waals surface area contributed by atoms with Gasteiger partial charge in [-0.25, -0.2) is 8.42 Å². The minimum atomic E-state index is -3.02. The van der Waals surface area contributed by atoms with Crippen molar-refractivity contribution in [2.24, 2.45) is 0 Å².